The fourth-order valence-corrected chi connectivity index (χ4v) is 1.59. The third kappa shape index (κ3) is 5.81. The van der Waals surface area contributed by atoms with Gasteiger partial charge in [-0.15, -0.1) is 0 Å². The van der Waals surface area contributed by atoms with Crippen LogP contribution in [0.5, 0.6) is 0 Å². The van der Waals surface area contributed by atoms with Gasteiger partial charge in [-0.2, -0.15) is 0 Å². The first kappa shape index (κ1) is 16.1. The molecule has 1 unspecified atom stereocenters. The van der Waals surface area contributed by atoms with Crippen LogP contribution >= 0.6 is 0 Å². The maximum atomic E-state index is 11.0. The van der Waals surface area contributed by atoms with E-state index in [1.165, 1.54) is 13.8 Å². The van der Waals surface area contributed by atoms with Crippen molar-refractivity contribution >= 4 is 17.9 Å². The van der Waals surface area contributed by atoms with Crippen molar-refractivity contribution in [2.45, 2.75) is 32.3 Å². The van der Waals surface area contributed by atoms with Crippen molar-refractivity contribution in [3.05, 3.63) is 12.2 Å². The van der Waals surface area contributed by atoms with Crippen molar-refractivity contribution < 1.29 is 33.7 Å². The van der Waals surface area contributed by atoms with Crippen LogP contribution in [-0.4, -0.2) is 54.6 Å². The molecule has 8 nitrogen and oxygen atoms in total. The average Bonchev–Trinajstić information content (AvgIpc) is 2.35. The van der Waals surface area contributed by atoms with E-state index in [0.29, 0.717) is 0 Å². The Hall–Kier alpha value is -1.93. The molecule has 1 aliphatic heterocycles. The first-order valence-electron chi connectivity index (χ1n) is 5.98. The Balaban J connectivity index is 2.63. The Morgan fingerprint density at radius 1 is 1.25 bits per heavy atom. The lowest BCUT2D eigenvalue weighted by Crippen LogP contribution is -2.46. The summed E-state index contributed by atoms with van der Waals surface area (Å²) in [5, 5.41) is 11.2. The fraction of sp³-hybridized carbons (Fsp3) is 0.583. The highest BCUT2D eigenvalue weighted by Gasteiger charge is 2.30. The highest BCUT2D eigenvalue weighted by atomic mass is 16.6. The fourth-order valence-electron chi connectivity index (χ4n) is 1.59. The first-order chi connectivity index (χ1) is 9.38. The molecule has 2 N–H and O–H groups in total. The molecule has 0 spiro atoms. The number of hydrogen-bond acceptors (Lipinski definition) is 7. The molecule has 0 saturated carbocycles. The monoisotopic (exact) mass is 287 g/mol. The second kappa shape index (κ2) is 7.61. The molecule has 0 aliphatic carbocycles. The molecule has 0 saturated heterocycles. The summed E-state index contributed by atoms with van der Waals surface area (Å²) in [6.07, 6.45) is 1.08. The molecule has 1 rings (SSSR count). The van der Waals surface area contributed by atoms with E-state index < -0.39 is 36.3 Å². The Kier molecular flexibility index (Phi) is 6.13. The Morgan fingerprint density at radius 3 is 2.50 bits per heavy atom. The number of hydrogen-bond donors (Lipinski definition) is 2. The van der Waals surface area contributed by atoms with Crippen LogP contribution in [0.4, 0.5) is 0 Å². The van der Waals surface area contributed by atoms with Gasteiger partial charge in [-0.1, -0.05) is 0 Å². The Labute approximate surface area is 115 Å². The predicted octanol–water partition coefficient (Wildman–Crippen LogP) is -0.563. The molecule has 0 aromatic carbocycles. The summed E-state index contributed by atoms with van der Waals surface area (Å²) in [6, 6.07) is 0. The lowest BCUT2D eigenvalue weighted by atomic mass is 10.1. The van der Waals surface area contributed by atoms with Crippen LogP contribution in [-0.2, 0) is 28.6 Å². The van der Waals surface area contributed by atoms with Gasteiger partial charge >= 0.3 is 17.9 Å². The zero-order valence-electron chi connectivity index (χ0n) is 11.2. The SMILES string of the molecule is CC(=O)OC[C@H]1OC(NCC(=O)O)C=C[C@@H]1OC(C)=O. The number of carboxylic acid groups (broad SMARTS) is 1. The summed E-state index contributed by atoms with van der Waals surface area (Å²) in [5.41, 5.74) is 0. The molecular weight excluding hydrogens is 270 g/mol. The van der Waals surface area contributed by atoms with Crippen LogP contribution < -0.4 is 5.32 Å². The van der Waals surface area contributed by atoms with Crippen LogP contribution in [0, 0.1) is 0 Å². The Bertz CT molecular complexity index is 407. The van der Waals surface area contributed by atoms with Crippen molar-refractivity contribution in [3.8, 4) is 0 Å². The number of ether oxygens (including phenoxy) is 3. The largest absolute Gasteiger partial charge is 0.480 e. The third-order valence-corrected chi connectivity index (χ3v) is 2.37. The zero-order chi connectivity index (χ0) is 15.1. The van der Waals surface area contributed by atoms with Gasteiger partial charge in [0.2, 0.25) is 0 Å². The minimum absolute atomic E-state index is 0.0944. The molecule has 3 atom stereocenters. The van der Waals surface area contributed by atoms with E-state index in [1.54, 1.807) is 12.2 Å². The number of nitrogens with one attached hydrogen (secondary N) is 1. The van der Waals surface area contributed by atoms with Gasteiger partial charge in [0.15, 0.2) is 0 Å². The van der Waals surface area contributed by atoms with E-state index in [4.69, 9.17) is 19.3 Å². The van der Waals surface area contributed by atoms with Gasteiger partial charge < -0.3 is 19.3 Å². The summed E-state index contributed by atoms with van der Waals surface area (Å²) < 4.78 is 15.3. The van der Waals surface area contributed by atoms with Gasteiger partial charge in [-0.3, -0.25) is 19.7 Å². The van der Waals surface area contributed by atoms with Crippen LogP contribution in [0.1, 0.15) is 13.8 Å². The van der Waals surface area contributed by atoms with E-state index >= 15 is 0 Å². The first-order valence-corrected chi connectivity index (χ1v) is 5.98. The second-order valence-electron chi connectivity index (χ2n) is 4.13. The van der Waals surface area contributed by atoms with Crippen LogP contribution in [0.15, 0.2) is 12.2 Å². The average molecular weight is 287 g/mol. The maximum absolute atomic E-state index is 11.0. The quantitative estimate of drug-likeness (QED) is 0.494. The van der Waals surface area contributed by atoms with Crippen LogP contribution in [0.25, 0.3) is 0 Å². The molecule has 0 bridgehead atoms. The second-order valence-corrected chi connectivity index (χ2v) is 4.13. The number of carbonyl (C=O) groups is 3. The molecule has 112 valence electrons. The molecular formula is C12H17NO7. The van der Waals surface area contributed by atoms with Crippen molar-refractivity contribution in [2.24, 2.45) is 0 Å². The summed E-state index contributed by atoms with van der Waals surface area (Å²) in [5.74, 6) is -2.01. The number of carboxylic acids is 1. The minimum atomic E-state index is -1.03. The number of aliphatic carboxylic acids is 1. The normalized spacial score (nSPS) is 25.0. The molecule has 0 aromatic heterocycles. The minimum Gasteiger partial charge on any atom is -0.480 e. The van der Waals surface area contributed by atoms with Gasteiger partial charge in [-0.05, 0) is 12.2 Å². The zero-order valence-corrected chi connectivity index (χ0v) is 11.2. The van der Waals surface area contributed by atoms with Gasteiger partial charge in [0.05, 0.1) is 6.54 Å². The van der Waals surface area contributed by atoms with E-state index in [-0.39, 0.29) is 13.2 Å². The van der Waals surface area contributed by atoms with Crippen molar-refractivity contribution in [1.82, 2.24) is 5.32 Å². The smallest absolute Gasteiger partial charge is 0.317 e. The predicted molar refractivity (Wildman–Crippen MR) is 65.6 cm³/mol. The highest BCUT2D eigenvalue weighted by molar-refractivity contribution is 5.69. The molecule has 1 heterocycles. The van der Waals surface area contributed by atoms with Gasteiger partial charge in [0.25, 0.3) is 0 Å². The number of rotatable bonds is 6. The van der Waals surface area contributed by atoms with E-state index in [1.807, 2.05) is 0 Å². The van der Waals surface area contributed by atoms with Crippen LogP contribution in [0.3, 0.4) is 0 Å². The molecule has 1 aliphatic rings. The highest BCUT2D eigenvalue weighted by Crippen LogP contribution is 2.15. The van der Waals surface area contributed by atoms with Gasteiger partial charge in [0, 0.05) is 13.8 Å². The lowest BCUT2D eigenvalue weighted by Gasteiger charge is -2.31. The van der Waals surface area contributed by atoms with Crippen LogP contribution in [0.2, 0.25) is 0 Å². The summed E-state index contributed by atoms with van der Waals surface area (Å²) in [6.45, 7) is 2.13. The van der Waals surface area contributed by atoms with Gasteiger partial charge in [-0.25, -0.2) is 0 Å². The molecule has 0 radical (unpaired) electrons. The lowest BCUT2D eigenvalue weighted by molar-refractivity contribution is -0.164. The number of carbonyl (C=O) groups excluding carboxylic acids is 2. The Morgan fingerprint density at radius 2 is 1.95 bits per heavy atom. The standard InChI is InChI=1S/C12H17NO7/c1-7(14)18-6-10-9(19-8(2)15)3-4-11(20-10)13-5-12(16)17/h3-4,9-11,13H,5-6H2,1-2H3,(H,16,17)/t9-,10+,11?/m0/s1. The van der Waals surface area contributed by atoms with E-state index in [2.05, 4.69) is 5.32 Å². The third-order valence-electron chi connectivity index (χ3n) is 2.37. The van der Waals surface area contributed by atoms with Gasteiger partial charge in [0.1, 0.15) is 25.0 Å². The summed E-state index contributed by atoms with van der Waals surface area (Å²) in [4.78, 5) is 32.3. The van der Waals surface area contributed by atoms with Crippen molar-refractivity contribution in [1.29, 1.82) is 0 Å². The molecule has 0 fully saturated rings. The summed E-state index contributed by atoms with van der Waals surface area (Å²) >= 11 is 0. The molecule has 20 heavy (non-hydrogen) atoms. The molecule has 0 aromatic rings. The topological polar surface area (TPSA) is 111 Å². The number of esters is 2. The van der Waals surface area contributed by atoms with E-state index in [0.717, 1.165) is 0 Å². The molecule has 0 amide bonds. The van der Waals surface area contributed by atoms with Crippen molar-refractivity contribution in [2.75, 3.05) is 13.2 Å². The maximum Gasteiger partial charge on any atom is 0.317 e. The van der Waals surface area contributed by atoms with E-state index in [9.17, 15) is 14.4 Å². The summed E-state index contributed by atoms with van der Waals surface area (Å²) in [7, 11) is 0. The van der Waals surface area contributed by atoms with Crippen molar-refractivity contribution in [3.63, 3.8) is 0 Å². The molecule has 8 heteroatoms.